The van der Waals surface area contributed by atoms with Crippen molar-refractivity contribution in [3.8, 4) is 0 Å². The zero-order chi connectivity index (χ0) is 15.0. The molecule has 1 heterocycles. The monoisotopic (exact) mass is 267 g/mol. The summed E-state index contributed by atoms with van der Waals surface area (Å²) >= 11 is 0. The Kier molecular flexibility index (Phi) is 6.24. The van der Waals surface area contributed by atoms with E-state index in [1.807, 2.05) is 56.5 Å². The van der Waals surface area contributed by atoms with E-state index in [2.05, 4.69) is 17.7 Å². The highest BCUT2D eigenvalue weighted by molar-refractivity contribution is 5.97. The lowest BCUT2D eigenvalue weighted by Gasteiger charge is -2.06. The summed E-state index contributed by atoms with van der Waals surface area (Å²) in [6.07, 6.45) is 8.37. The molecule has 1 aromatic carbocycles. The Morgan fingerprint density at radius 3 is 2.60 bits per heavy atom. The van der Waals surface area contributed by atoms with Gasteiger partial charge in [-0.25, -0.2) is 0 Å². The number of rotatable bonds is 5. The Balaban J connectivity index is 0.000000956. The molecular weight excluding hydrogens is 246 g/mol. The maximum absolute atomic E-state index is 11.0. The molecule has 0 aliphatic carbocycles. The first kappa shape index (κ1) is 15.7. The largest absolute Gasteiger partial charge is 0.343 e. The van der Waals surface area contributed by atoms with Crippen LogP contribution in [0.5, 0.6) is 0 Å². The van der Waals surface area contributed by atoms with Crippen LogP contribution in [0.15, 0.2) is 67.4 Å². The van der Waals surface area contributed by atoms with Gasteiger partial charge in [0.2, 0.25) is 0 Å². The first-order chi connectivity index (χ1) is 9.80. The van der Waals surface area contributed by atoms with E-state index in [1.165, 1.54) is 0 Å². The molecule has 0 aliphatic rings. The van der Waals surface area contributed by atoms with Crippen LogP contribution in [0.1, 0.15) is 24.2 Å². The highest BCUT2D eigenvalue weighted by Crippen LogP contribution is 2.20. The summed E-state index contributed by atoms with van der Waals surface area (Å²) in [5.41, 5.74) is 2.86. The molecule has 0 bridgehead atoms. The Bertz CT molecular complexity index is 632. The van der Waals surface area contributed by atoms with Crippen molar-refractivity contribution in [2.24, 2.45) is 0 Å². The van der Waals surface area contributed by atoms with Crippen LogP contribution in [0.3, 0.4) is 0 Å². The molecule has 1 aromatic heterocycles. The molecule has 0 N–H and O–H groups in total. The van der Waals surface area contributed by atoms with Gasteiger partial charge in [-0.1, -0.05) is 57.4 Å². The van der Waals surface area contributed by atoms with Crippen molar-refractivity contribution >= 4 is 17.2 Å². The summed E-state index contributed by atoms with van der Waals surface area (Å²) in [4.78, 5) is 11.0. The van der Waals surface area contributed by atoms with E-state index in [9.17, 15) is 4.79 Å². The van der Waals surface area contributed by atoms with Gasteiger partial charge in [-0.2, -0.15) is 0 Å². The van der Waals surface area contributed by atoms with Crippen molar-refractivity contribution in [2.45, 2.75) is 20.4 Å². The number of aldehydes is 1. The maximum atomic E-state index is 11.0. The standard InChI is InChI=1S/C16H15NO.C2H6/c1-3-6-13(4-2)11-17-10-9-15-14(12-18)7-5-8-16(15)17;1-2/h3-10,12H,1-2,11H2;1-2H3/b13-6+;. The molecule has 0 radical (unpaired) electrons. The zero-order valence-electron chi connectivity index (χ0n) is 12.2. The molecule has 0 saturated heterocycles. The molecule has 0 aliphatic heterocycles. The molecular formula is C18H21NO. The second-order valence-corrected chi connectivity index (χ2v) is 4.02. The van der Waals surface area contributed by atoms with E-state index < -0.39 is 0 Å². The first-order valence-electron chi connectivity index (χ1n) is 6.77. The van der Waals surface area contributed by atoms with Crippen molar-refractivity contribution in [1.82, 2.24) is 4.57 Å². The van der Waals surface area contributed by atoms with Crippen LogP contribution in [0, 0.1) is 0 Å². The zero-order valence-corrected chi connectivity index (χ0v) is 12.2. The predicted molar refractivity (Wildman–Crippen MR) is 87.2 cm³/mol. The minimum absolute atomic E-state index is 0.721. The van der Waals surface area contributed by atoms with Gasteiger partial charge in [0.1, 0.15) is 0 Å². The van der Waals surface area contributed by atoms with Crippen molar-refractivity contribution in [1.29, 1.82) is 0 Å². The smallest absolute Gasteiger partial charge is 0.150 e. The molecule has 2 heteroatoms. The molecule has 2 rings (SSSR count). The normalized spacial score (nSPS) is 10.6. The fourth-order valence-corrected chi connectivity index (χ4v) is 2.02. The van der Waals surface area contributed by atoms with E-state index in [1.54, 1.807) is 6.08 Å². The van der Waals surface area contributed by atoms with Crippen molar-refractivity contribution in [3.05, 3.63) is 73.0 Å². The first-order valence-corrected chi connectivity index (χ1v) is 6.77. The Morgan fingerprint density at radius 1 is 1.25 bits per heavy atom. The number of hydrogen-bond acceptors (Lipinski definition) is 1. The van der Waals surface area contributed by atoms with Crippen molar-refractivity contribution < 1.29 is 4.79 Å². The van der Waals surface area contributed by atoms with Crippen LogP contribution >= 0.6 is 0 Å². The van der Waals surface area contributed by atoms with Crippen LogP contribution in [0.4, 0.5) is 0 Å². The summed E-state index contributed by atoms with van der Waals surface area (Å²) in [5, 5.41) is 0.981. The third-order valence-electron chi connectivity index (χ3n) is 2.92. The molecule has 0 amide bonds. The topological polar surface area (TPSA) is 22.0 Å². The summed E-state index contributed by atoms with van der Waals surface area (Å²) in [6.45, 7) is 12.2. The van der Waals surface area contributed by atoms with Crippen LogP contribution in [-0.2, 0) is 6.54 Å². The molecule has 0 saturated carbocycles. The molecule has 0 fully saturated rings. The minimum Gasteiger partial charge on any atom is -0.343 e. The molecule has 20 heavy (non-hydrogen) atoms. The molecule has 2 aromatic rings. The van der Waals surface area contributed by atoms with Gasteiger partial charge in [-0.3, -0.25) is 4.79 Å². The van der Waals surface area contributed by atoms with Crippen LogP contribution < -0.4 is 0 Å². The quantitative estimate of drug-likeness (QED) is 0.564. The van der Waals surface area contributed by atoms with E-state index in [0.29, 0.717) is 0 Å². The van der Waals surface area contributed by atoms with Gasteiger partial charge in [0.15, 0.2) is 6.29 Å². The van der Waals surface area contributed by atoms with Gasteiger partial charge in [0, 0.05) is 29.2 Å². The van der Waals surface area contributed by atoms with E-state index in [0.717, 1.165) is 34.9 Å². The van der Waals surface area contributed by atoms with E-state index in [-0.39, 0.29) is 0 Å². The molecule has 2 nitrogen and oxygen atoms in total. The van der Waals surface area contributed by atoms with Crippen molar-refractivity contribution in [3.63, 3.8) is 0 Å². The van der Waals surface area contributed by atoms with E-state index >= 15 is 0 Å². The van der Waals surface area contributed by atoms with Crippen LogP contribution in [0.25, 0.3) is 10.9 Å². The third-order valence-corrected chi connectivity index (χ3v) is 2.92. The van der Waals surface area contributed by atoms with Gasteiger partial charge in [0.05, 0.1) is 0 Å². The maximum Gasteiger partial charge on any atom is 0.150 e. The summed E-state index contributed by atoms with van der Waals surface area (Å²) in [5.74, 6) is 0. The number of hydrogen-bond donors (Lipinski definition) is 0. The Morgan fingerprint density at radius 2 is 2.00 bits per heavy atom. The fourth-order valence-electron chi connectivity index (χ4n) is 2.02. The van der Waals surface area contributed by atoms with Crippen molar-refractivity contribution in [2.75, 3.05) is 0 Å². The SMILES string of the molecule is C=C/C=C(\C=C)Cn1ccc2c(C=O)cccc21.CC. The van der Waals surface area contributed by atoms with Gasteiger partial charge >= 0.3 is 0 Å². The lowest BCUT2D eigenvalue weighted by Crippen LogP contribution is -1.97. The highest BCUT2D eigenvalue weighted by Gasteiger charge is 2.05. The summed E-state index contributed by atoms with van der Waals surface area (Å²) in [7, 11) is 0. The summed E-state index contributed by atoms with van der Waals surface area (Å²) < 4.78 is 2.10. The molecule has 0 unspecified atom stereocenters. The molecule has 0 atom stereocenters. The van der Waals surface area contributed by atoms with Gasteiger partial charge in [0.25, 0.3) is 0 Å². The second-order valence-electron chi connectivity index (χ2n) is 4.02. The average molecular weight is 267 g/mol. The number of carbonyl (C=O) groups is 1. The molecule has 104 valence electrons. The Hall–Kier alpha value is -2.35. The fraction of sp³-hybridized carbons (Fsp3) is 0.167. The molecule has 0 spiro atoms. The van der Waals surface area contributed by atoms with Crippen LogP contribution in [0.2, 0.25) is 0 Å². The number of carbonyl (C=O) groups excluding carboxylic acids is 1. The van der Waals surface area contributed by atoms with Gasteiger partial charge < -0.3 is 4.57 Å². The highest BCUT2D eigenvalue weighted by atomic mass is 16.1. The third kappa shape index (κ3) is 3.35. The average Bonchev–Trinajstić information content (AvgIpc) is 2.92. The number of allylic oxidation sites excluding steroid dienone is 4. The minimum atomic E-state index is 0.721. The summed E-state index contributed by atoms with van der Waals surface area (Å²) in [6, 6.07) is 7.70. The number of benzene rings is 1. The number of aromatic nitrogens is 1. The van der Waals surface area contributed by atoms with Gasteiger partial charge in [-0.15, -0.1) is 0 Å². The Labute approximate surface area is 120 Å². The van der Waals surface area contributed by atoms with Gasteiger partial charge in [-0.05, 0) is 17.7 Å². The lowest BCUT2D eigenvalue weighted by atomic mass is 10.1. The van der Waals surface area contributed by atoms with E-state index in [4.69, 9.17) is 0 Å². The second kappa shape index (κ2) is 7.95. The van der Waals surface area contributed by atoms with Crippen LogP contribution in [-0.4, -0.2) is 10.9 Å². The number of nitrogens with zero attached hydrogens (tertiary/aromatic N) is 1. The lowest BCUT2D eigenvalue weighted by molar-refractivity contribution is 0.112. The number of fused-ring (bicyclic) bond motifs is 1. The predicted octanol–water partition coefficient (Wildman–Crippen LogP) is 4.78.